The Hall–Kier alpha value is -2.76. The number of amides is 2. The first kappa shape index (κ1) is 15.7. The standard InChI is InChI=1S/C19H19FN2O3/c1-3-24-16-6-4-5-14-15-11-19(2,25-17(14)16)22(18(23)21-15)13-9-7-12(20)8-10-13/h4-10,15H,3,11H2,1-2H3,(H,21,23). The van der Waals surface area contributed by atoms with E-state index in [4.69, 9.17) is 9.47 Å². The summed E-state index contributed by atoms with van der Waals surface area (Å²) in [5.41, 5.74) is 0.609. The van der Waals surface area contributed by atoms with Crippen LogP contribution >= 0.6 is 0 Å². The minimum atomic E-state index is -0.884. The number of carbonyl (C=O) groups is 1. The van der Waals surface area contributed by atoms with E-state index < -0.39 is 5.72 Å². The van der Waals surface area contributed by atoms with Crippen molar-refractivity contribution in [3.8, 4) is 11.5 Å². The van der Waals surface area contributed by atoms with Gasteiger partial charge in [0.15, 0.2) is 17.2 Å². The molecule has 130 valence electrons. The highest BCUT2D eigenvalue weighted by Crippen LogP contribution is 2.49. The predicted molar refractivity (Wildman–Crippen MR) is 91.4 cm³/mol. The van der Waals surface area contributed by atoms with Crippen LogP contribution in [-0.2, 0) is 0 Å². The summed E-state index contributed by atoms with van der Waals surface area (Å²) in [7, 11) is 0. The molecule has 1 fully saturated rings. The number of rotatable bonds is 3. The third-order valence-corrected chi connectivity index (χ3v) is 4.65. The number of nitrogens with one attached hydrogen (secondary N) is 1. The summed E-state index contributed by atoms with van der Waals surface area (Å²) < 4.78 is 25.2. The van der Waals surface area contributed by atoms with E-state index >= 15 is 0 Å². The number of fused-ring (bicyclic) bond motifs is 4. The monoisotopic (exact) mass is 342 g/mol. The molecule has 2 aliphatic heterocycles. The maximum atomic E-state index is 13.3. The summed E-state index contributed by atoms with van der Waals surface area (Å²) in [6.07, 6.45) is 0.582. The van der Waals surface area contributed by atoms with Crippen molar-refractivity contribution < 1.29 is 18.7 Å². The third-order valence-electron chi connectivity index (χ3n) is 4.65. The van der Waals surface area contributed by atoms with Gasteiger partial charge in [0, 0.05) is 17.7 Å². The van der Waals surface area contributed by atoms with Gasteiger partial charge < -0.3 is 14.8 Å². The Labute approximate surface area is 145 Å². The van der Waals surface area contributed by atoms with E-state index in [0.717, 1.165) is 5.56 Å². The largest absolute Gasteiger partial charge is 0.490 e. The molecule has 25 heavy (non-hydrogen) atoms. The Bertz CT molecular complexity index is 824. The van der Waals surface area contributed by atoms with Gasteiger partial charge in [-0.15, -0.1) is 0 Å². The van der Waals surface area contributed by atoms with Crippen LogP contribution in [0, 0.1) is 5.82 Å². The molecule has 1 N–H and O–H groups in total. The molecule has 4 rings (SSSR count). The molecule has 1 saturated heterocycles. The molecule has 0 aromatic heterocycles. The number of urea groups is 1. The van der Waals surface area contributed by atoms with Crippen molar-refractivity contribution in [1.29, 1.82) is 0 Å². The fraction of sp³-hybridized carbons (Fsp3) is 0.316. The number of benzene rings is 2. The van der Waals surface area contributed by atoms with Gasteiger partial charge in [-0.3, -0.25) is 4.90 Å². The van der Waals surface area contributed by atoms with Crippen molar-refractivity contribution in [2.75, 3.05) is 11.5 Å². The fourth-order valence-corrected chi connectivity index (χ4v) is 3.61. The molecule has 2 unspecified atom stereocenters. The molecule has 0 aliphatic carbocycles. The van der Waals surface area contributed by atoms with E-state index in [1.54, 1.807) is 12.1 Å². The maximum absolute atomic E-state index is 13.3. The minimum absolute atomic E-state index is 0.154. The van der Waals surface area contributed by atoms with Gasteiger partial charge in [0.2, 0.25) is 0 Å². The SMILES string of the molecule is CCOc1cccc2c1OC1(C)CC2NC(=O)N1c1ccc(F)cc1. The number of nitrogens with zero attached hydrogens (tertiary/aromatic N) is 1. The highest BCUT2D eigenvalue weighted by atomic mass is 19.1. The molecule has 2 heterocycles. The summed E-state index contributed by atoms with van der Waals surface area (Å²) in [6, 6.07) is 11.1. The third kappa shape index (κ3) is 2.49. The summed E-state index contributed by atoms with van der Waals surface area (Å²) in [6.45, 7) is 4.31. The maximum Gasteiger partial charge on any atom is 0.325 e. The number of hydrogen-bond donors (Lipinski definition) is 1. The first-order valence-corrected chi connectivity index (χ1v) is 8.33. The van der Waals surface area contributed by atoms with Crippen LogP contribution in [0.5, 0.6) is 11.5 Å². The molecule has 0 spiro atoms. The van der Waals surface area contributed by atoms with E-state index in [0.29, 0.717) is 30.2 Å². The van der Waals surface area contributed by atoms with Gasteiger partial charge in [0.25, 0.3) is 0 Å². The first-order chi connectivity index (χ1) is 12.0. The average Bonchev–Trinajstić information content (AvgIpc) is 2.57. The number of para-hydroxylation sites is 1. The van der Waals surface area contributed by atoms with E-state index in [-0.39, 0.29) is 17.9 Å². The van der Waals surface area contributed by atoms with Crippen LogP contribution < -0.4 is 19.7 Å². The Kier molecular flexibility index (Phi) is 3.56. The van der Waals surface area contributed by atoms with Crippen molar-refractivity contribution in [2.45, 2.75) is 32.0 Å². The summed E-state index contributed by atoms with van der Waals surface area (Å²) in [5, 5.41) is 3.02. The Morgan fingerprint density at radius 1 is 1.32 bits per heavy atom. The van der Waals surface area contributed by atoms with Crippen molar-refractivity contribution in [3.63, 3.8) is 0 Å². The normalized spacial score (nSPS) is 24.2. The van der Waals surface area contributed by atoms with Gasteiger partial charge in [-0.2, -0.15) is 0 Å². The second-order valence-electron chi connectivity index (χ2n) is 6.40. The Morgan fingerprint density at radius 3 is 2.80 bits per heavy atom. The molecule has 6 heteroatoms. The number of hydrogen-bond acceptors (Lipinski definition) is 3. The fourth-order valence-electron chi connectivity index (χ4n) is 3.61. The van der Waals surface area contributed by atoms with Crippen LogP contribution in [0.2, 0.25) is 0 Å². The van der Waals surface area contributed by atoms with Gasteiger partial charge in [0.05, 0.1) is 12.6 Å². The summed E-state index contributed by atoms with van der Waals surface area (Å²) >= 11 is 0. The molecule has 2 aliphatic rings. The van der Waals surface area contributed by atoms with Crippen LogP contribution in [0.4, 0.5) is 14.9 Å². The van der Waals surface area contributed by atoms with Crippen LogP contribution in [0.1, 0.15) is 31.9 Å². The highest BCUT2D eigenvalue weighted by molar-refractivity contribution is 5.95. The molecular weight excluding hydrogens is 323 g/mol. The van der Waals surface area contributed by atoms with Crippen molar-refractivity contribution in [2.24, 2.45) is 0 Å². The summed E-state index contributed by atoms with van der Waals surface area (Å²) in [5.74, 6) is 0.957. The van der Waals surface area contributed by atoms with Crippen molar-refractivity contribution in [1.82, 2.24) is 5.32 Å². The smallest absolute Gasteiger partial charge is 0.325 e. The van der Waals surface area contributed by atoms with Crippen LogP contribution in [-0.4, -0.2) is 18.4 Å². The van der Waals surface area contributed by atoms with Gasteiger partial charge in [-0.1, -0.05) is 12.1 Å². The lowest BCUT2D eigenvalue weighted by Crippen LogP contribution is -2.65. The number of halogens is 1. The van der Waals surface area contributed by atoms with E-state index in [1.165, 1.54) is 17.0 Å². The van der Waals surface area contributed by atoms with Gasteiger partial charge in [0.1, 0.15) is 5.82 Å². The first-order valence-electron chi connectivity index (χ1n) is 8.33. The molecule has 2 aromatic carbocycles. The lowest BCUT2D eigenvalue weighted by Gasteiger charge is -2.50. The van der Waals surface area contributed by atoms with E-state index in [9.17, 15) is 9.18 Å². The van der Waals surface area contributed by atoms with Crippen molar-refractivity contribution >= 4 is 11.7 Å². The molecule has 5 nitrogen and oxygen atoms in total. The number of anilines is 1. The predicted octanol–water partition coefficient (Wildman–Crippen LogP) is 3.99. The zero-order chi connectivity index (χ0) is 17.6. The lowest BCUT2D eigenvalue weighted by molar-refractivity contribution is 0.0343. The Morgan fingerprint density at radius 2 is 2.08 bits per heavy atom. The van der Waals surface area contributed by atoms with Gasteiger partial charge in [-0.05, 0) is 44.2 Å². The molecular formula is C19H19FN2O3. The van der Waals surface area contributed by atoms with Gasteiger partial charge >= 0.3 is 6.03 Å². The highest BCUT2D eigenvalue weighted by Gasteiger charge is 2.50. The van der Waals surface area contributed by atoms with E-state index in [2.05, 4.69) is 5.32 Å². The quantitative estimate of drug-likeness (QED) is 0.917. The minimum Gasteiger partial charge on any atom is -0.490 e. The van der Waals surface area contributed by atoms with Crippen LogP contribution in [0.25, 0.3) is 0 Å². The zero-order valence-corrected chi connectivity index (χ0v) is 14.1. The van der Waals surface area contributed by atoms with E-state index in [1.807, 2.05) is 32.0 Å². The molecule has 0 saturated carbocycles. The second kappa shape index (κ2) is 5.65. The summed E-state index contributed by atoms with van der Waals surface area (Å²) in [4.78, 5) is 14.3. The Balaban J connectivity index is 1.79. The van der Waals surface area contributed by atoms with Crippen LogP contribution in [0.15, 0.2) is 42.5 Å². The number of ether oxygens (including phenoxy) is 2. The zero-order valence-electron chi connectivity index (χ0n) is 14.1. The molecule has 2 bridgehead atoms. The molecule has 2 amide bonds. The van der Waals surface area contributed by atoms with Gasteiger partial charge in [-0.25, -0.2) is 9.18 Å². The van der Waals surface area contributed by atoms with Crippen molar-refractivity contribution in [3.05, 3.63) is 53.8 Å². The molecule has 0 radical (unpaired) electrons. The van der Waals surface area contributed by atoms with Crippen LogP contribution in [0.3, 0.4) is 0 Å². The number of carbonyl (C=O) groups excluding carboxylic acids is 1. The average molecular weight is 342 g/mol. The lowest BCUT2D eigenvalue weighted by atomic mass is 9.90. The molecule has 2 atom stereocenters. The topological polar surface area (TPSA) is 50.8 Å². The second-order valence-corrected chi connectivity index (χ2v) is 6.40. The molecule has 2 aromatic rings.